The smallest absolute Gasteiger partial charge is 0.146 e. The van der Waals surface area contributed by atoms with Crippen molar-refractivity contribution in [1.82, 2.24) is 5.32 Å². The number of hydrogen-bond acceptors (Lipinski definition) is 2. The summed E-state index contributed by atoms with van der Waals surface area (Å²) >= 11 is 19.1. The third kappa shape index (κ3) is 2.65. The second kappa shape index (κ2) is 5.76. The quantitative estimate of drug-likeness (QED) is 0.822. The van der Waals surface area contributed by atoms with E-state index in [4.69, 9.17) is 34.8 Å². The molecule has 1 heterocycles. The highest BCUT2D eigenvalue weighted by Gasteiger charge is 2.21. The monoisotopic (exact) mass is 323 g/mol. The van der Waals surface area contributed by atoms with Crippen molar-refractivity contribution in [2.24, 2.45) is 0 Å². The summed E-state index contributed by atoms with van der Waals surface area (Å²) in [5, 5.41) is 3.11. The Balaban J connectivity index is 2.52. The summed E-state index contributed by atoms with van der Waals surface area (Å²) in [6.45, 7) is 0. The minimum Gasteiger partial charge on any atom is -0.309 e. The fourth-order valence-corrected chi connectivity index (χ4v) is 3.49. The van der Waals surface area contributed by atoms with Gasteiger partial charge in [0, 0.05) is 11.1 Å². The van der Waals surface area contributed by atoms with Gasteiger partial charge in [-0.05, 0) is 19.2 Å². The molecule has 0 aliphatic heterocycles. The first-order valence-electron chi connectivity index (χ1n) is 5.10. The van der Waals surface area contributed by atoms with Crippen LogP contribution in [-0.2, 0) is 0 Å². The van der Waals surface area contributed by atoms with E-state index in [-0.39, 0.29) is 11.1 Å². The number of rotatable bonds is 3. The van der Waals surface area contributed by atoms with Crippen molar-refractivity contribution in [3.63, 3.8) is 0 Å². The van der Waals surface area contributed by atoms with Crippen molar-refractivity contribution in [3.05, 3.63) is 54.9 Å². The molecule has 0 radical (unpaired) electrons. The van der Waals surface area contributed by atoms with Crippen LogP contribution in [0.5, 0.6) is 0 Å². The van der Waals surface area contributed by atoms with Gasteiger partial charge >= 0.3 is 0 Å². The van der Waals surface area contributed by atoms with Gasteiger partial charge < -0.3 is 5.32 Å². The Morgan fingerprint density at radius 2 is 1.94 bits per heavy atom. The molecule has 0 bridgehead atoms. The predicted molar refractivity (Wildman–Crippen MR) is 76.7 cm³/mol. The third-order valence-corrected chi connectivity index (χ3v) is 4.39. The van der Waals surface area contributed by atoms with E-state index in [0.717, 1.165) is 5.56 Å². The predicted octanol–water partition coefficient (Wildman–Crippen LogP) is 5.16. The van der Waals surface area contributed by atoms with Gasteiger partial charge in [-0.2, -0.15) is 0 Å². The van der Waals surface area contributed by atoms with Crippen molar-refractivity contribution in [2.45, 2.75) is 6.04 Å². The Bertz CT molecular complexity index is 570. The molecule has 0 aliphatic carbocycles. The molecule has 0 saturated heterocycles. The molecule has 2 rings (SSSR count). The van der Waals surface area contributed by atoms with Gasteiger partial charge in [0.05, 0.1) is 19.7 Å². The molecule has 0 aliphatic rings. The molecule has 6 heteroatoms. The van der Waals surface area contributed by atoms with Crippen LogP contribution in [0.25, 0.3) is 0 Å². The topological polar surface area (TPSA) is 12.0 Å². The van der Waals surface area contributed by atoms with Crippen LogP contribution in [0.1, 0.15) is 17.2 Å². The lowest BCUT2D eigenvalue weighted by molar-refractivity contribution is 0.577. The SMILES string of the molecule is CNC(c1cc(Cl)sc1Cl)c1cccc(Cl)c1F. The van der Waals surface area contributed by atoms with E-state index in [0.29, 0.717) is 14.2 Å². The average Bonchev–Trinajstić information content (AvgIpc) is 2.65. The Hall–Kier alpha value is -0.320. The minimum absolute atomic E-state index is 0.0881. The van der Waals surface area contributed by atoms with Crippen LogP contribution in [0.15, 0.2) is 24.3 Å². The molecule has 1 aromatic heterocycles. The van der Waals surface area contributed by atoms with E-state index < -0.39 is 5.82 Å². The zero-order valence-electron chi connectivity index (χ0n) is 9.31. The number of thiophene rings is 1. The normalized spacial score (nSPS) is 12.7. The Morgan fingerprint density at radius 1 is 1.22 bits per heavy atom. The van der Waals surface area contributed by atoms with Crippen molar-refractivity contribution in [3.8, 4) is 0 Å². The first-order chi connectivity index (χ1) is 8.54. The lowest BCUT2D eigenvalue weighted by atomic mass is 10.0. The minimum atomic E-state index is -0.447. The van der Waals surface area contributed by atoms with Gasteiger partial charge in [-0.15, -0.1) is 11.3 Å². The Morgan fingerprint density at radius 3 is 2.50 bits per heavy atom. The van der Waals surface area contributed by atoms with Gasteiger partial charge in [-0.3, -0.25) is 0 Å². The fourth-order valence-electron chi connectivity index (χ4n) is 1.77. The maximum atomic E-state index is 14.0. The Labute approximate surface area is 123 Å². The molecule has 1 atom stereocenters. The van der Waals surface area contributed by atoms with E-state index in [9.17, 15) is 4.39 Å². The molecule has 0 amide bonds. The number of halogens is 4. The molecule has 1 N–H and O–H groups in total. The molecular formula is C12H9Cl3FNS. The summed E-state index contributed by atoms with van der Waals surface area (Å²) in [6, 6.07) is 6.24. The highest BCUT2D eigenvalue weighted by molar-refractivity contribution is 7.20. The lowest BCUT2D eigenvalue weighted by Crippen LogP contribution is -2.18. The summed E-state index contributed by atoms with van der Waals surface area (Å²) in [6.07, 6.45) is 0. The zero-order valence-corrected chi connectivity index (χ0v) is 12.4. The van der Waals surface area contributed by atoms with E-state index in [1.807, 2.05) is 0 Å². The van der Waals surface area contributed by atoms with Crippen molar-refractivity contribution >= 4 is 46.1 Å². The van der Waals surface area contributed by atoms with Crippen LogP contribution in [-0.4, -0.2) is 7.05 Å². The van der Waals surface area contributed by atoms with Crippen LogP contribution in [0.2, 0.25) is 13.7 Å². The second-order valence-electron chi connectivity index (χ2n) is 3.64. The molecule has 1 unspecified atom stereocenters. The standard InChI is InChI=1S/C12H9Cl3FNS/c1-17-11(7-5-9(14)18-12(7)15)6-3-2-4-8(13)10(6)16/h2-5,11,17H,1H3. The van der Waals surface area contributed by atoms with Gasteiger partial charge in [-0.25, -0.2) is 4.39 Å². The molecule has 0 saturated carbocycles. The lowest BCUT2D eigenvalue weighted by Gasteiger charge is -2.17. The summed E-state index contributed by atoms with van der Waals surface area (Å²) < 4.78 is 15.1. The summed E-state index contributed by atoms with van der Waals surface area (Å²) in [7, 11) is 1.73. The Kier molecular flexibility index (Phi) is 4.51. The zero-order chi connectivity index (χ0) is 13.3. The van der Waals surface area contributed by atoms with Crippen LogP contribution in [0.4, 0.5) is 4.39 Å². The maximum absolute atomic E-state index is 14.0. The highest BCUT2D eigenvalue weighted by Crippen LogP contribution is 2.38. The van der Waals surface area contributed by atoms with Crippen molar-refractivity contribution < 1.29 is 4.39 Å². The first kappa shape index (κ1) is 14.1. The van der Waals surface area contributed by atoms with Crippen LogP contribution < -0.4 is 5.32 Å². The molecule has 0 fully saturated rings. The van der Waals surface area contributed by atoms with Crippen LogP contribution in [0, 0.1) is 5.82 Å². The van der Waals surface area contributed by atoms with E-state index in [1.165, 1.54) is 17.4 Å². The number of benzene rings is 1. The highest BCUT2D eigenvalue weighted by atomic mass is 35.5. The van der Waals surface area contributed by atoms with Gasteiger partial charge in [0.25, 0.3) is 0 Å². The molecule has 18 heavy (non-hydrogen) atoms. The van der Waals surface area contributed by atoms with E-state index in [2.05, 4.69) is 5.32 Å². The fraction of sp³-hybridized carbons (Fsp3) is 0.167. The third-order valence-electron chi connectivity index (χ3n) is 2.58. The summed E-state index contributed by atoms with van der Waals surface area (Å²) in [5.74, 6) is -0.447. The van der Waals surface area contributed by atoms with Crippen LogP contribution in [0.3, 0.4) is 0 Å². The van der Waals surface area contributed by atoms with Gasteiger partial charge in [0.1, 0.15) is 5.82 Å². The number of hydrogen-bond donors (Lipinski definition) is 1. The average molecular weight is 325 g/mol. The molecule has 1 aromatic carbocycles. The molecular weight excluding hydrogens is 316 g/mol. The van der Waals surface area contributed by atoms with Gasteiger partial charge in [0.2, 0.25) is 0 Å². The number of nitrogens with one attached hydrogen (secondary N) is 1. The van der Waals surface area contributed by atoms with E-state index >= 15 is 0 Å². The van der Waals surface area contributed by atoms with Gasteiger partial charge in [0.15, 0.2) is 0 Å². The maximum Gasteiger partial charge on any atom is 0.146 e. The van der Waals surface area contributed by atoms with Crippen LogP contribution >= 0.6 is 46.1 Å². The molecule has 96 valence electrons. The largest absolute Gasteiger partial charge is 0.309 e. The first-order valence-corrected chi connectivity index (χ1v) is 7.05. The molecule has 0 spiro atoms. The van der Waals surface area contributed by atoms with Gasteiger partial charge in [-0.1, -0.05) is 46.9 Å². The van der Waals surface area contributed by atoms with Crippen molar-refractivity contribution in [2.75, 3.05) is 7.05 Å². The summed E-state index contributed by atoms with van der Waals surface area (Å²) in [4.78, 5) is 0. The molecule has 1 nitrogen and oxygen atoms in total. The second-order valence-corrected chi connectivity index (χ2v) is 6.34. The van der Waals surface area contributed by atoms with E-state index in [1.54, 1.807) is 25.2 Å². The molecule has 2 aromatic rings. The summed E-state index contributed by atoms with van der Waals surface area (Å²) in [5.41, 5.74) is 1.19. The van der Waals surface area contributed by atoms with Crippen molar-refractivity contribution in [1.29, 1.82) is 0 Å².